The van der Waals surface area contributed by atoms with Crippen molar-refractivity contribution in [1.29, 1.82) is 0 Å². The number of nitrogens with zero attached hydrogens (tertiary/aromatic N) is 3. The summed E-state index contributed by atoms with van der Waals surface area (Å²) in [7, 11) is 0. The van der Waals surface area contributed by atoms with E-state index in [1.54, 1.807) is 6.20 Å². The Labute approximate surface area is 148 Å². The summed E-state index contributed by atoms with van der Waals surface area (Å²) in [5, 5.41) is 7.14. The van der Waals surface area contributed by atoms with Gasteiger partial charge in [0.05, 0.1) is 25.0 Å². The van der Waals surface area contributed by atoms with Crippen molar-refractivity contribution < 1.29 is 14.3 Å². The minimum absolute atomic E-state index is 0.0172. The van der Waals surface area contributed by atoms with E-state index in [4.69, 9.17) is 4.74 Å². The molecule has 0 radical (unpaired) electrons. The van der Waals surface area contributed by atoms with Crippen molar-refractivity contribution in [3.63, 3.8) is 0 Å². The van der Waals surface area contributed by atoms with Gasteiger partial charge >= 0.3 is 0 Å². The molecule has 0 saturated carbocycles. The molecular weight excluding hydrogens is 320 g/mol. The van der Waals surface area contributed by atoms with E-state index < -0.39 is 0 Å². The second kappa shape index (κ2) is 8.80. The lowest BCUT2D eigenvalue weighted by Crippen LogP contribution is -2.48. The lowest BCUT2D eigenvalue weighted by molar-refractivity contribution is -0.145. The predicted molar refractivity (Wildman–Crippen MR) is 92.6 cm³/mol. The standard InChI is InChI=1S/C18H26N4O3/c23-17(19-7-3-9-22-10-4-8-20-22)15-5-1-2-6-16(15)18(24)21-11-13-25-14-12-21/h1-2,4,8,10,15-16H,3,5-7,9,11-14H2,(H,19,23). The van der Waals surface area contributed by atoms with Gasteiger partial charge in [0.15, 0.2) is 0 Å². The van der Waals surface area contributed by atoms with Crippen molar-refractivity contribution >= 4 is 11.8 Å². The first-order valence-electron chi connectivity index (χ1n) is 9.02. The van der Waals surface area contributed by atoms with Gasteiger partial charge in [-0.05, 0) is 25.3 Å². The minimum atomic E-state index is -0.273. The molecule has 1 aromatic rings. The topological polar surface area (TPSA) is 76.5 Å². The molecule has 1 aliphatic carbocycles. The van der Waals surface area contributed by atoms with Gasteiger partial charge in [-0.15, -0.1) is 0 Å². The number of aromatic nitrogens is 2. The zero-order valence-corrected chi connectivity index (χ0v) is 14.5. The summed E-state index contributed by atoms with van der Waals surface area (Å²) in [5.74, 6) is -0.458. The number of ether oxygens (including phenoxy) is 1. The molecule has 1 saturated heterocycles. The maximum atomic E-state index is 12.8. The van der Waals surface area contributed by atoms with Crippen molar-refractivity contribution in [2.45, 2.75) is 25.8 Å². The number of aryl methyl sites for hydroxylation is 1. The molecule has 7 nitrogen and oxygen atoms in total. The summed E-state index contributed by atoms with van der Waals surface area (Å²) < 4.78 is 7.16. The minimum Gasteiger partial charge on any atom is -0.378 e. The molecule has 2 aliphatic rings. The van der Waals surface area contributed by atoms with Crippen molar-refractivity contribution in [1.82, 2.24) is 20.0 Å². The summed E-state index contributed by atoms with van der Waals surface area (Å²) in [5.41, 5.74) is 0. The third-order valence-electron chi connectivity index (χ3n) is 4.83. The van der Waals surface area contributed by atoms with Gasteiger partial charge in [-0.1, -0.05) is 12.2 Å². The third kappa shape index (κ3) is 4.69. The fourth-order valence-corrected chi connectivity index (χ4v) is 3.41. The van der Waals surface area contributed by atoms with Gasteiger partial charge in [0.2, 0.25) is 11.8 Å². The second-order valence-corrected chi connectivity index (χ2v) is 6.51. The van der Waals surface area contributed by atoms with Gasteiger partial charge in [0.25, 0.3) is 0 Å². The van der Waals surface area contributed by atoms with E-state index in [0.717, 1.165) is 13.0 Å². The molecular formula is C18H26N4O3. The second-order valence-electron chi connectivity index (χ2n) is 6.51. The molecule has 1 N–H and O–H groups in total. The number of hydrogen-bond acceptors (Lipinski definition) is 4. The van der Waals surface area contributed by atoms with Crippen LogP contribution in [0.1, 0.15) is 19.3 Å². The van der Waals surface area contributed by atoms with E-state index >= 15 is 0 Å². The maximum Gasteiger partial charge on any atom is 0.226 e. The first-order valence-corrected chi connectivity index (χ1v) is 9.02. The largest absolute Gasteiger partial charge is 0.378 e. The zero-order valence-electron chi connectivity index (χ0n) is 14.5. The van der Waals surface area contributed by atoms with Crippen LogP contribution < -0.4 is 5.32 Å². The Bertz CT molecular complexity index is 593. The lowest BCUT2D eigenvalue weighted by Gasteiger charge is -2.34. The Morgan fingerprint density at radius 3 is 2.64 bits per heavy atom. The van der Waals surface area contributed by atoms with E-state index in [-0.39, 0.29) is 23.7 Å². The first-order chi connectivity index (χ1) is 12.3. The van der Waals surface area contributed by atoms with Gasteiger partial charge < -0.3 is 15.0 Å². The number of nitrogens with one attached hydrogen (secondary N) is 1. The number of amides is 2. The lowest BCUT2D eigenvalue weighted by atomic mass is 9.81. The summed E-state index contributed by atoms with van der Waals surface area (Å²) in [6.45, 7) is 3.77. The molecule has 1 aliphatic heterocycles. The maximum absolute atomic E-state index is 12.8. The number of allylic oxidation sites excluding steroid dienone is 2. The molecule has 136 valence electrons. The molecule has 2 amide bonds. The Kier molecular flexibility index (Phi) is 6.22. The normalized spacial score (nSPS) is 23.4. The van der Waals surface area contributed by atoms with Crippen molar-refractivity contribution in [2.75, 3.05) is 32.8 Å². The van der Waals surface area contributed by atoms with Gasteiger partial charge in [-0.2, -0.15) is 5.10 Å². The van der Waals surface area contributed by atoms with Crippen LogP contribution in [0.2, 0.25) is 0 Å². The van der Waals surface area contributed by atoms with Gasteiger partial charge in [-0.3, -0.25) is 14.3 Å². The summed E-state index contributed by atoms with van der Waals surface area (Å²) in [6, 6.07) is 1.88. The Morgan fingerprint density at radius 1 is 1.16 bits per heavy atom. The molecule has 1 fully saturated rings. The number of rotatable bonds is 6. The molecule has 1 aromatic heterocycles. The average molecular weight is 346 g/mol. The number of carbonyl (C=O) groups is 2. The molecule has 2 atom stereocenters. The monoisotopic (exact) mass is 346 g/mol. The molecule has 0 aromatic carbocycles. The van der Waals surface area contributed by atoms with E-state index in [1.165, 1.54) is 0 Å². The first kappa shape index (κ1) is 17.7. The molecule has 0 bridgehead atoms. The Balaban J connectivity index is 1.50. The number of morpholine rings is 1. The van der Waals surface area contributed by atoms with E-state index in [1.807, 2.05) is 34.0 Å². The molecule has 7 heteroatoms. The van der Waals surface area contributed by atoms with E-state index in [9.17, 15) is 9.59 Å². The van der Waals surface area contributed by atoms with Crippen molar-refractivity contribution in [3.8, 4) is 0 Å². The molecule has 25 heavy (non-hydrogen) atoms. The highest BCUT2D eigenvalue weighted by Gasteiger charge is 2.36. The highest BCUT2D eigenvalue weighted by Crippen LogP contribution is 2.28. The van der Waals surface area contributed by atoms with E-state index in [0.29, 0.717) is 45.7 Å². The van der Waals surface area contributed by atoms with Crippen LogP contribution in [0.3, 0.4) is 0 Å². The molecule has 3 rings (SSSR count). The van der Waals surface area contributed by atoms with Crippen LogP contribution in [-0.2, 0) is 20.9 Å². The van der Waals surface area contributed by atoms with Crippen LogP contribution in [0.25, 0.3) is 0 Å². The third-order valence-corrected chi connectivity index (χ3v) is 4.83. The smallest absolute Gasteiger partial charge is 0.226 e. The van der Waals surface area contributed by atoms with Crippen LogP contribution in [0.4, 0.5) is 0 Å². The number of hydrogen-bond donors (Lipinski definition) is 1. The van der Waals surface area contributed by atoms with Gasteiger partial charge in [-0.25, -0.2) is 0 Å². The van der Waals surface area contributed by atoms with Crippen molar-refractivity contribution in [3.05, 3.63) is 30.6 Å². The van der Waals surface area contributed by atoms with Crippen LogP contribution >= 0.6 is 0 Å². The summed E-state index contributed by atoms with van der Waals surface area (Å²) in [6.07, 6.45) is 9.77. The number of carbonyl (C=O) groups excluding carboxylic acids is 2. The van der Waals surface area contributed by atoms with Crippen molar-refractivity contribution in [2.24, 2.45) is 11.8 Å². The molecule has 0 spiro atoms. The van der Waals surface area contributed by atoms with Crippen LogP contribution in [-0.4, -0.2) is 59.3 Å². The highest BCUT2D eigenvalue weighted by atomic mass is 16.5. The highest BCUT2D eigenvalue weighted by molar-refractivity contribution is 5.88. The SMILES string of the molecule is O=C(NCCCn1cccn1)C1CC=CCC1C(=O)N1CCOCC1. The Morgan fingerprint density at radius 2 is 1.92 bits per heavy atom. The van der Waals surface area contributed by atoms with Crippen LogP contribution in [0.15, 0.2) is 30.6 Å². The summed E-state index contributed by atoms with van der Waals surface area (Å²) in [4.78, 5) is 27.2. The van der Waals surface area contributed by atoms with Crippen LogP contribution in [0.5, 0.6) is 0 Å². The summed E-state index contributed by atoms with van der Waals surface area (Å²) >= 11 is 0. The van der Waals surface area contributed by atoms with E-state index in [2.05, 4.69) is 10.4 Å². The fourth-order valence-electron chi connectivity index (χ4n) is 3.41. The van der Waals surface area contributed by atoms with Crippen LogP contribution in [0, 0.1) is 11.8 Å². The predicted octanol–water partition coefficient (Wildman–Crippen LogP) is 0.831. The van der Waals surface area contributed by atoms with Gasteiger partial charge in [0, 0.05) is 38.6 Å². The Hall–Kier alpha value is -2.15. The fraction of sp³-hybridized carbons (Fsp3) is 0.611. The van der Waals surface area contributed by atoms with Gasteiger partial charge in [0.1, 0.15) is 0 Å². The molecule has 2 heterocycles. The quantitative estimate of drug-likeness (QED) is 0.611. The zero-order chi connectivity index (χ0) is 17.5. The average Bonchev–Trinajstić information content (AvgIpc) is 3.19. The molecule has 2 unspecified atom stereocenters.